The third-order valence-electron chi connectivity index (χ3n) is 3.21. The van der Waals surface area contributed by atoms with E-state index in [2.05, 4.69) is 5.32 Å². The van der Waals surface area contributed by atoms with E-state index >= 15 is 0 Å². The number of benzene rings is 1. The van der Waals surface area contributed by atoms with Crippen LogP contribution in [-0.4, -0.2) is 20.8 Å². The summed E-state index contributed by atoms with van der Waals surface area (Å²) in [4.78, 5) is 0. The third-order valence-corrected chi connectivity index (χ3v) is 3.21. The molecule has 17 heavy (non-hydrogen) atoms. The third kappa shape index (κ3) is 2.36. The van der Waals surface area contributed by atoms with Gasteiger partial charge < -0.3 is 14.8 Å². The van der Waals surface area contributed by atoms with Crippen molar-refractivity contribution in [1.82, 2.24) is 5.32 Å². The first-order valence-corrected chi connectivity index (χ1v) is 5.84. The van der Waals surface area contributed by atoms with Gasteiger partial charge in [-0.15, -0.1) is 0 Å². The van der Waals surface area contributed by atoms with Crippen LogP contribution in [0.15, 0.2) is 12.1 Å². The molecule has 0 spiro atoms. The van der Waals surface area contributed by atoms with Crippen molar-refractivity contribution in [3.05, 3.63) is 23.3 Å². The van der Waals surface area contributed by atoms with E-state index in [-0.39, 0.29) is 6.04 Å². The Morgan fingerprint density at radius 3 is 2.59 bits per heavy atom. The van der Waals surface area contributed by atoms with Crippen LogP contribution in [0.5, 0.6) is 11.5 Å². The predicted molar refractivity (Wildman–Crippen MR) is 64.3 cm³/mol. The van der Waals surface area contributed by atoms with E-state index in [1.165, 1.54) is 0 Å². The average Bonchev–Trinajstić information content (AvgIpc) is 2.90. The molecular formula is C13H18FNO2. The van der Waals surface area contributed by atoms with Crippen molar-refractivity contribution in [2.24, 2.45) is 0 Å². The van der Waals surface area contributed by atoms with Gasteiger partial charge >= 0.3 is 0 Å². The minimum atomic E-state index is -0.544. The zero-order valence-electron chi connectivity index (χ0n) is 10.3. The minimum Gasteiger partial charge on any atom is -0.496 e. The maximum absolute atomic E-state index is 12.8. The molecule has 1 heterocycles. The van der Waals surface area contributed by atoms with E-state index in [4.69, 9.17) is 9.47 Å². The van der Waals surface area contributed by atoms with Crippen LogP contribution in [0.4, 0.5) is 4.39 Å². The van der Waals surface area contributed by atoms with E-state index in [0.717, 1.165) is 30.7 Å². The lowest BCUT2D eigenvalue weighted by Gasteiger charge is -2.18. The maximum atomic E-state index is 12.8. The normalized spacial score (nSPS) is 19.4. The van der Waals surface area contributed by atoms with Crippen molar-refractivity contribution in [2.75, 3.05) is 20.8 Å². The Morgan fingerprint density at radius 1 is 1.29 bits per heavy atom. The number of hydrogen-bond donors (Lipinski definition) is 1. The van der Waals surface area contributed by atoms with Gasteiger partial charge in [-0.1, -0.05) is 0 Å². The summed E-state index contributed by atoms with van der Waals surface area (Å²) in [6.07, 6.45) is 2.23. The fraction of sp³-hybridized carbons (Fsp3) is 0.538. The molecule has 1 aromatic carbocycles. The Balaban J connectivity index is 2.41. The molecule has 1 saturated heterocycles. The van der Waals surface area contributed by atoms with Gasteiger partial charge in [0.1, 0.15) is 18.2 Å². The first kappa shape index (κ1) is 12.2. The van der Waals surface area contributed by atoms with Gasteiger partial charge in [0.15, 0.2) is 0 Å². The van der Waals surface area contributed by atoms with Gasteiger partial charge in [-0.2, -0.15) is 0 Å². The zero-order chi connectivity index (χ0) is 12.3. The van der Waals surface area contributed by atoms with Crippen LogP contribution < -0.4 is 14.8 Å². The number of nitrogens with one attached hydrogen (secondary N) is 1. The topological polar surface area (TPSA) is 30.5 Å². The second kappa shape index (κ2) is 5.36. The molecule has 0 saturated carbocycles. The molecule has 4 heteroatoms. The van der Waals surface area contributed by atoms with Crippen LogP contribution in [0, 0.1) is 0 Å². The maximum Gasteiger partial charge on any atom is 0.125 e. The minimum absolute atomic E-state index is 0.285. The molecule has 0 amide bonds. The van der Waals surface area contributed by atoms with Crippen molar-refractivity contribution < 1.29 is 13.9 Å². The average molecular weight is 239 g/mol. The first-order valence-electron chi connectivity index (χ1n) is 5.84. The molecule has 1 aliphatic rings. The van der Waals surface area contributed by atoms with Crippen molar-refractivity contribution in [1.29, 1.82) is 0 Å². The molecule has 0 radical (unpaired) electrons. The number of alkyl halides is 1. The Kier molecular flexibility index (Phi) is 3.84. The molecule has 0 aromatic heterocycles. The molecule has 1 fully saturated rings. The van der Waals surface area contributed by atoms with E-state index in [1.807, 2.05) is 6.07 Å². The standard InChI is InChI=1S/C13H18FNO2/c1-16-12-7-10(11-4-3-5-15-11)13(17-2)6-9(12)8-14/h6-7,11,15H,3-5,8H2,1-2H3. The van der Waals surface area contributed by atoms with Gasteiger partial charge in [-0.25, -0.2) is 4.39 Å². The van der Waals surface area contributed by atoms with Crippen molar-refractivity contribution in [3.8, 4) is 11.5 Å². The summed E-state index contributed by atoms with van der Waals surface area (Å²) in [5.74, 6) is 1.33. The second-order valence-electron chi connectivity index (χ2n) is 4.19. The van der Waals surface area contributed by atoms with Crippen LogP contribution in [0.2, 0.25) is 0 Å². The van der Waals surface area contributed by atoms with Gasteiger partial charge in [0, 0.05) is 17.2 Å². The molecule has 0 aliphatic carbocycles. The molecule has 1 aliphatic heterocycles. The van der Waals surface area contributed by atoms with E-state index in [1.54, 1.807) is 20.3 Å². The Morgan fingerprint density at radius 2 is 2.06 bits per heavy atom. The molecule has 1 aromatic rings. The molecule has 2 rings (SSSR count). The number of hydrogen-bond acceptors (Lipinski definition) is 3. The predicted octanol–water partition coefficient (Wildman–Crippen LogP) is 2.60. The molecule has 1 unspecified atom stereocenters. The Bertz CT molecular complexity index is 389. The highest BCUT2D eigenvalue weighted by atomic mass is 19.1. The lowest BCUT2D eigenvalue weighted by atomic mass is 10.0. The van der Waals surface area contributed by atoms with Gasteiger partial charge in [0.25, 0.3) is 0 Å². The number of ether oxygens (including phenoxy) is 2. The largest absolute Gasteiger partial charge is 0.496 e. The summed E-state index contributed by atoms with van der Waals surface area (Å²) in [5, 5.41) is 3.41. The van der Waals surface area contributed by atoms with Gasteiger partial charge in [0.05, 0.1) is 14.2 Å². The molecule has 1 N–H and O–H groups in total. The highest BCUT2D eigenvalue weighted by molar-refractivity contribution is 5.48. The molecule has 1 atom stereocenters. The zero-order valence-corrected chi connectivity index (χ0v) is 10.3. The van der Waals surface area contributed by atoms with Gasteiger partial charge in [-0.05, 0) is 31.5 Å². The highest BCUT2D eigenvalue weighted by Crippen LogP contribution is 2.36. The summed E-state index contributed by atoms with van der Waals surface area (Å²) in [5.41, 5.74) is 1.59. The Labute approximate surface area is 101 Å². The number of halogens is 1. The van der Waals surface area contributed by atoms with Crippen LogP contribution in [0.3, 0.4) is 0 Å². The van der Waals surface area contributed by atoms with Crippen molar-refractivity contribution in [3.63, 3.8) is 0 Å². The van der Waals surface area contributed by atoms with Crippen LogP contribution in [0.1, 0.15) is 30.0 Å². The summed E-state index contributed by atoms with van der Waals surface area (Å²) in [6, 6.07) is 3.90. The van der Waals surface area contributed by atoms with E-state index in [9.17, 15) is 4.39 Å². The summed E-state index contributed by atoms with van der Waals surface area (Å²) < 4.78 is 23.4. The molecule has 0 bridgehead atoms. The van der Waals surface area contributed by atoms with E-state index < -0.39 is 6.67 Å². The lowest BCUT2D eigenvalue weighted by Crippen LogP contribution is -2.14. The Hall–Kier alpha value is -1.29. The van der Waals surface area contributed by atoms with Crippen LogP contribution in [0.25, 0.3) is 0 Å². The lowest BCUT2D eigenvalue weighted by molar-refractivity contribution is 0.379. The fourth-order valence-corrected chi connectivity index (χ4v) is 2.31. The molecule has 3 nitrogen and oxygen atoms in total. The molecular weight excluding hydrogens is 221 g/mol. The monoisotopic (exact) mass is 239 g/mol. The molecule has 94 valence electrons. The number of rotatable bonds is 4. The van der Waals surface area contributed by atoms with E-state index in [0.29, 0.717) is 11.3 Å². The SMILES string of the molecule is COc1cc(C2CCCN2)c(OC)cc1CF. The second-order valence-corrected chi connectivity index (χ2v) is 4.19. The van der Waals surface area contributed by atoms with Crippen molar-refractivity contribution >= 4 is 0 Å². The van der Waals surface area contributed by atoms with Gasteiger partial charge in [0.2, 0.25) is 0 Å². The fourth-order valence-electron chi connectivity index (χ4n) is 2.31. The van der Waals surface area contributed by atoms with Crippen LogP contribution >= 0.6 is 0 Å². The quantitative estimate of drug-likeness (QED) is 0.876. The highest BCUT2D eigenvalue weighted by Gasteiger charge is 2.22. The van der Waals surface area contributed by atoms with Crippen molar-refractivity contribution in [2.45, 2.75) is 25.6 Å². The summed E-state index contributed by atoms with van der Waals surface area (Å²) in [6.45, 7) is 0.471. The summed E-state index contributed by atoms with van der Waals surface area (Å²) >= 11 is 0. The summed E-state index contributed by atoms with van der Waals surface area (Å²) in [7, 11) is 3.18. The first-order chi connectivity index (χ1) is 8.30. The van der Waals surface area contributed by atoms with Gasteiger partial charge in [-0.3, -0.25) is 0 Å². The number of methoxy groups -OCH3 is 2. The van der Waals surface area contributed by atoms with Crippen LogP contribution in [-0.2, 0) is 6.67 Å². The smallest absolute Gasteiger partial charge is 0.125 e.